The Bertz CT molecular complexity index is 621. The van der Waals surface area contributed by atoms with Crippen molar-refractivity contribution in [3.63, 3.8) is 0 Å². The second-order valence-electron chi connectivity index (χ2n) is 7.75. The van der Waals surface area contributed by atoms with Crippen LogP contribution in [0, 0.1) is 0 Å². The Morgan fingerprint density at radius 1 is 1.23 bits per heavy atom. The van der Waals surface area contributed by atoms with Crippen molar-refractivity contribution in [2.24, 2.45) is 4.99 Å². The molecule has 0 saturated carbocycles. The summed E-state index contributed by atoms with van der Waals surface area (Å²) in [4.78, 5) is 9.50. The lowest BCUT2D eigenvalue weighted by Crippen LogP contribution is -2.60. The standard InChI is InChI=1S/C22H37N5OS.HI/c1-3-26(20-8-5-4-6-9-20)12-7-11-24-21(23-2)25-18-22(10-17-29-19-22)27-13-15-28-16-14-27;/h4-6,8-9H,3,7,10-19H2,1-2H3,(H2,23,24,25);1H. The Morgan fingerprint density at radius 3 is 2.63 bits per heavy atom. The number of rotatable bonds is 9. The Morgan fingerprint density at radius 2 is 2.00 bits per heavy atom. The second kappa shape index (κ2) is 13.6. The van der Waals surface area contributed by atoms with Gasteiger partial charge >= 0.3 is 0 Å². The van der Waals surface area contributed by atoms with Crippen molar-refractivity contribution in [1.29, 1.82) is 0 Å². The van der Waals surface area contributed by atoms with Gasteiger partial charge in [0.15, 0.2) is 5.96 Å². The van der Waals surface area contributed by atoms with Gasteiger partial charge in [-0.3, -0.25) is 9.89 Å². The Hall–Kier alpha value is -0.710. The number of halogens is 1. The van der Waals surface area contributed by atoms with E-state index in [0.29, 0.717) is 0 Å². The van der Waals surface area contributed by atoms with E-state index in [1.54, 1.807) is 0 Å². The summed E-state index contributed by atoms with van der Waals surface area (Å²) in [5, 5.41) is 7.12. The van der Waals surface area contributed by atoms with Gasteiger partial charge in [-0.2, -0.15) is 11.8 Å². The van der Waals surface area contributed by atoms with Gasteiger partial charge in [0.2, 0.25) is 0 Å². The maximum Gasteiger partial charge on any atom is 0.191 e. The summed E-state index contributed by atoms with van der Waals surface area (Å²) >= 11 is 2.07. The van der Waals surface area contributed by atoms with Gasteiger partial charge in [0.25, 0.3) is 0 Å². The van der Waals surface area contributed by atoms with E-state index in [1.165, 1.54) is 23.6 Å². The van der Waals surface area contributed by atoms with Crippen LogP contribution in [0.4, 0.5) is 5.69 Å². The molecule has 0 aromatic heterocycles. The first-order valence-electron chi connectivity index (χ1n) is 10.9. The highest BCUT2D eigenvalue weighted by Crippen LogP contribution is 2.33. The molecule has 170 valence electrons. The van der Waals surface area contributed by atoms with Crippen LogP contribution in [0.3, 0.4) is 0 Å². The third-order valence-corrected chi connectivity index (χ3v) is 7.21. The van der Waals surface area contributed by atoms with Crippen molar-refractivity contribution in [2.45, 2.75) is 25.3 Å². The van der Waals surface area contributed by atoms with E-state index < -0.39 is 0 Å². The summed E-state index contributed by atoms with van der Waals surface area (Å²) in [6, 6.07) is 10.6. The molecule has 30 heavy (non-hydrogen) atoms. The fourth-order valence-electron chi connectivity index (χ4n) is 4.19. The van der Waals surface area contributed by atoms with Gasteiger partial charge in [0.05, 0.1) is 13.2 Å². The van der Waals surface area contributed by atoms with E-state index in [1.807, 2.05) is 7.05 Å². The summed E-state index contributed by atoms with van der Waals surface area (Å²) in [5.74, 6) is 3.36. The average Bonchev–Trinajstić information content (AvgIpc) is 3.27. The van der Waals surface area contributed by atoms with Crippen LogP contribution in [0.15, 0.2) is 35.3 Å². The SMILES string of the molecule is CCN(CCCNC(=NC)NCC1(N2CCOCC2)CCSC1)c1ccccc1.I. The van der Waals surface area contributed by atoms with Gasteiger partial charge in [0, 0.05) is 63.3 Å². The monoisotopic (exact) mass is 547 g/mol. The van der Waals surface area contributed by atoms with Gasteiger partial charge in [0.1, 0.15) is 0 Å². The molecule has 2 heterocycles. The summed E-state index contributed by atoms with van der Waals surface area (Å²) in [5.41, 5.74) is 1.53. The van der Waals surface area contributed by atoms with E-state index in [9.17, 15) is 0 Å². The molecule has 2 aliphatic heterocycles. The first-order valence-corrected chi connectivity index (χ1v) is 12.1. The van der Waals surface area contributed by atoms with Crippen LogP contribution >= 0.6 is 35.7 Å². The molecule has 0 spiro atoms. The third-order valence-electron chi connectivity index (χ3n) is 5.97. The number of anilines is 1. The molecule has 2 aliphatic rings. The Labute approximate surface area is 203 Å². The molecule has 0 amide bonds. The lowest BCUT2D eigenvalue weighted by Gasteiger charge is -2.43. The molecule has 0 bridgehead atoms. The molecule has 2 saturated heterocycles. The molecule has 2 fully saturated rings. The van der Waals surface area contributed by atoms with E-state index in [4.69, 9.17) is 4.74 Å². The third kappa shape index (κ3) is 7.17. The van der Waals surface area contributed by atoms with Gasteiger partial charge in [-0.1, -0.05) is 18.2 Å². The van der Waals surface area contributed by atoms with Crippen molar-refractivity contribution in [3.8, 4) is 0 Å². The smallest absolute Gasteiger partial charge is 0.191 e. The number of hydrogen-bond donors (Lipinski definition) is 2. The highest BCUT2D eigenvalue weighted by molar-refractivity contribution is 14.0. The van der Waals surface area contributed by atoms with Gasteiger partial charge in [-0.15, -0.1) is 24.0 Å². The zero-order valence-corrected chi connectivity index (χ0v) is 21.6. The molecule has 1 aromatic rings. The number of nitrogens with zero attached hydrogens (tertiary/aromatic N) is 3. The van der Waals surface area contributed by atoms with Crippen LogP contribution in [0.25, 0.3) is 0 Å². The highest BCUT2D eigenvalue weighted by Gasteiger charge is 2.40. The predicted molar refractivity (Wildman–Crippen MR) is 141 cm³/mol. The number of ether oxygens (including phenoxy) is 1. The fraction of sp³-hybridized carbons (Fsp3) is 0.682. The number of thioether (sulfide) groups is 1. The van der Waals surface area contributed by atoms with Crippen molar-refractivity contribution < 1.29 is 4.74 Å². The minimum absolute atomic E-state index is 0. The van der Waals surface area contributed by atoms with E-state index in [-0.39, 0.29) is 29.5 Å². The van der Waals surface area contributed by atoms with Crippen LogP contribution in [0.1, 0.15) is 19.8 Å². The predicted octanol–water partition coefficient (Wildman–Crippen LogP) is 2.89. The van der Waals surface area contributed by atoms with Crippen molar-refractivity contribution >= 4 is 47.4 Å². The molecular formula is C22H38IN5OS. The van der Waals surface area contributed by atoms with E-state index >= 15 is 0 Å². The van der Waals surface area contributed by atoms with Gasteiger partial charge < -0.3 is 20.3 Å². The number of guanidine groups is 1. The number of morpholine rings is 1. The highest BCUT2D eigenvalue weighted by atomic mass is 127. The number of hydrogen-bond acceptors (Lipinski definition) is 5. The van der Waals surface area contributed by atoms with Crippen molar-refractivity contribution in [3.05, 3.63) is 30.3 Å². The topological polar surface area (TPSA) is 52.1 Å². The van der Waals surface area contributed by atoms with Crippen LogP contribution in [0.5, 0.6) is 0 Å². The van der Waals surface area contributed by atoms with Crippen molar-refractivity contribution in [1.82, 2.24) is 15.5 Å². The van der Waals surface area contributed by atoms with Crippen LogP contribution in [-0.2, 0) is 4.74 Å². The molecule has 2 N–H and O–H groups in total. The first kappa shape index (κ1) is 25.5. The van der Waals surface area contributed by atoms with Crippen LogP contribution in [-0.4, -0.2) is 87.4 Å². The number of para-hydroxylation sites is 1. The van der Waals surface area contributed by atoms with E-state index in [0.717, 1.165) is 64.9 Å². The van der Waals surface area contributed by atoms with Gasteiger partial charge in [-0.25, -0.2) is 0 Å². The Kier molecular flexibility index (Phi) is 11.6. The molecule has 6 nitrogen and oxygen atoms in total. The molecule has 0 aliphatic carbocycles. The lowest BCUT2D eigenvalue weighted by molar-refractivity contribution is -0.0120. The molecule has 1 aromatic carbocycles. The summed E-state index contributed by atoms with van der Waals surface area (Å²) in [6.07, 6.45) is 2.32. The molecule has 8 heteroatoms. The maximum absolute atomic E-state index is 5.57. The zero-order chi connectivity index (χ0) is 20.4. The minimum atomic E-state index is 0. The molecule has 0 radical (unpaired) electrons. The molecule has 3 rings (SSSR count). The second-order valence-corrected chi connectivity index (χ2v) is 8.85. The molecular weight excluding hydrogens is 509 g/mol. The quantitative estimate of drug-likeness (QED) is 0.215. The maximum atomic E-state index is 5.57. The normalized spacial score (nSPS) is 22.4. The lowest BCUT2D eigenvalue weighted by atomic mass is 9.95. The molecule has 1 unspecified atom stereocenters. The van der Waals surface area contributed by atoms with Crippen LogP contribution < -0.4 is 15.5 Å². The Balaban J connectivity index is 0.00000320. The van der Waals surface area contributed by atoms with Gasteiger partial charge in [-0.05, 0) is 37.7 Å². The number of benzene rings is 1. The average molecular weight is 548 g/mol. The van der Waals surface area contributed by atoms with E-state index in [2.05, 4.69) is 74.4 Å². The largest absolute Gasteiger partial charge is 0.379 e. The summed E-state index contributed by atoms with van der Waals surface area (Å²) in [7, 11) is 1.86. The minimum Gasteiger partial charge on any atom is -0.379 e. The molecule has 1 atom stereocenters. The fourth-order valence-corrected chi connectivity index (χ4v) is 5.67. The first-order chi connectivity index (χ1) is 14.3. The number of nitrogens with one attached hydrogen (secondary N) is 2. The zero-order valence-electron chi connectivity index (χ0n) is 18.4. The summed E-state index contributed by atoms with van der Waals surface area (Å²) < 4.78 is 5.57. The van der Waals surface area contributed by atoms with Crippen molar-refractivity contribution in [2.75, 3.05) is 75.9 Å². The summed E-state index contributed by atoms with van der Waals surface area (Å²) in [6.45, 7) is 9.94. The van der Waals surface area contributed by atoms with Crippen LogP contribution in [0.2, 0.25) is 0 Å². The number of aliphatic imine (C=N–C) groups is 1.